The molecule has 1 aromatic heterocycles. The van der Waals surface area contributed by atoms with Gasteiger partial charge in [-0.2, -0.15) is 4.68 Å². The van der Waals surface area contributed by atoms with Gasteiger partial charge in [0.2, 0.25) is 5.91 Å². The number of likely N-dealkylation sites (tertiary alicyclic amines) is 1. The van der Waals surface area contributed by atoms with Gasteiger partial charge in [0.15, 0.2) is 0 Å². The number of carbonyl (C=O) groups is 2. The maximum atomic E-state index is 12.7. The molecule has 1 aromatic carbocycles. The van der Waals surface area contributed by atoms with Crippen molar-refractivity contribution in [1.29, 1.82) is 0 Å². The van der Waals surface area contributed by atoms with Crippen molar-refractivity contribution in [1.82, 2.24) is 19.9 Å². The Balaban J connectivity index is 1.57. The van der Waals surface area contributed by atoms with E-state index in [1.54, 1.807) is 0 Å². The maximum absolute atomic E-state index is 12.7. The number of hydrogen-bond acceptors (Lipinski definition) is 4. The van der Waals surface area contributed by atoms with Crippen LogP contribution >= 0.6 is 0 Å². The molecule has 2 heterocycles. The average Bonchev–Trinajstić information content (AvgIpc) is 3.25. The quantitative estimate of drug-likeness (QED) is 0.848. The van der Waals surface area contributed by atoms with E-state index in [-0.39, 0.29) is 17.7 Å². The predicted octanol–water partition coefficient (Wildman–Crippen LogP) is 1.86. The van der Waals surface area contributed by atoms with E-state index in [1.807, 2.05) is 29.2 Å². The minimum absolute atomic E-state index is 0.106. The van der Waals surface area contributed by atoms with Gasteiger partial charge in [-0.15, -0.1) is 5.10 Å². The van der Waals surface area contributed by atoms with Crippen LogP contribution in [0.25, 0.3) is 11.0 Å². The van der Waals surface area contributed by atoms with Crippen LogP contribution in [0.4, 0.5) is 0 Å². The molecule has 0 bridgehead atoms. The molecule has 6 nitrogen and oxygen atoms in total. The number of fused-ring (bicyclic) bond motifs is 1. The van der Waals surface area contributed by atoms with Crippen molar-refractivity contribution >= 4 is 22.8 Å². The van der Waals surface area contributed by atoms with Gasteiger partial charge in [-0.25, -0.2) is 0 Å². The third kappa shape index (κ3) is 2.10. The highest BCUT2D eigenvalue weighted by Crippen LogP contribution is 2.30. The molecule has 6 heteroatoms. The van der Waals surface area contributed by atoms with Gasteiger partial charge in [0.25, 0.3) is 5.91 Å². The van der Waals surface area contributed by atoms with Gasteiger partial charge in [-0.05, 0) is 25.0 Å². The summed E-state index contributed by atoms with van der Waals surface area (Å²) in [5.74, 6) is -0.324. The lowest BCUT2D eigenvalue weighted by Crippen LogP contribution is -2.35. The number of carbonyl (C=O) groups excluding carboxylic acids is 2. The summed E-state index contributed by atoms with van der Waals surface area (Å²) < 4.78 is 1.35. The fourth-order valence-corrected chi connectivity index (χ4v) is 3.67. The fourth-order valence-electron chi connectivity index (χ4n) is 3.67. The first-order valence-electron chi connectivity index (χ1n) is 7.88. The summed E-state index contributed by atoms with van der Waals surface area (Å²) in [6.07, 6.45) is 4.79. The number of nitrogens with zero attached hydrogens (tertiary/aromatic N) is 4. The van der Waals surface area contributed by atoms with Crippen molar-refractivity contribution in [2.24, 2.45) is 5.92 Å². The molecule has 4 rings (SSSR count). The van der Waals surface area contributed by atoms with Gasteiger partial charge in [0.1, 0.15) is 5.52 Å². The molecule has 1 unspecified atom stereocenters. The summed E-state index contributed by atoms with van der Waals surface area (Å²) in [6, 6.07) is 7.72. The smallest absolute Gasteiger partial charge is 0.254 e. The Morgan fingerprint density at radius 3 is 2.77 bits per heavy atom. The lowest BCUT2D eigenvalue weighted by molar-refractivity contribution is -0.129. The standard InChI is InChI=1S/C16H18N4O2/c21-15-9-11(10-19(15)12-5-1-2-6-12)16(22)20-14-8-4-3-7-13(14)17-18-20/h3-4,7-8,11-12H,1-2,5-6,9-10H2. The van der Waals surface area contributed by atoms with E-state index in [2.05, 4.69) is 10.3 Å². The molecule has 1 aliphatic carbocycles. The van der Waals surface area contributed by atoms with Crippen molar-refractivity contribution in [3.8, 4) is 0 Å². The van der Waals surface area contributed by atoms with E-state index in [9.17, 15) is 9.59 Å². The Hall–Kier alpha value is -2.24. The largest absolute Gasteiger partial charge is 0.339 e. The maximum Gasteiger partial charge on any atom is 0.254 e. The van der Waals surface area contributed by atoms with Crippen LogP contribution < -0.4 is 0 Å². The first kappa shape index (κ1) is 13.4. The van der Waals surface area contributed by atoms with E-state index < -0.39 is 0 Å². The third-order valence-corrected chi connectivity index (χ3v) is 4.83. The summed E-state index contributed by atoms with van der Waals surface area (Å²) in [5.41, 5.74) is 1.41. The van der Waals surface area contributed by atoms with Crippen molar-refractivity contribution < 1.29 is 9.59 Å². The monoisotopic (exact) mass is 298 g/mol. The highest BCUT2D eigenvalue weighted by atomic mass is 16.2. The molecule has 0 radical (unpaired) electrons. The van der Waals surface area contributed by atoms with Crippen LogP contribution in [-0.4, -0.2) is 44.3 Å². The van der Waals surface area contributed by atoms with Crippen LogP contribution in [0.15, 0.2) is 24.3 Å². The zero-order valence-corrected chi connectivity index (χ0v) is 12.3. The van der Waals surface area contributed by atoms with Crippen LogP contribution in [-0.2, 0) is 4.79 Å². The summed E-state index contributed by atoms with van der Waals surface area (Å²) in [7, 11) is 0. The highest BCUT2D eigenvalue weighted by Gasteiger charge is 2.39. The van der Waals surface area contributed by atoms with E-state index in [1.165, 1.54) is 17.5 Å². The Bertz CT molecular complexity index is 733. The van der Waals surface area contributed by atoms with Crippen molar-refractivity contribution in [3.63, 3.8) is 0 Å². The third-order valence-electron chi connectivity index (χ3n) is 4.83. The minimum Gasteiger partial charge on any atom is -0.339 e. The fraction of sp³-hybridized carbons (Fsp3) is 0.500. The topological polar surface area (TPSA) is 68.1 Å². The van der Waals surface area contributed by atoms with Gasteiger partial charge in [0, 0.05) is 19.0 Å². The molecular formula is C16H18N4O2. The van der Waals surface area contributed by atoms with E-state index in [0.29, 0.717) is 30.0 Å². The summed E-state index contributed by atoms with van der Waals surface area (Å²) in [4.78, 5) is 26.9. The van der Waals surface area contributed by atoms with Gasteiger partial charge in [-0.3, -0.25) is 9.59 Å². The Morgan fingerprint density at radius 1 is 1.18 bits per heavy atom. The molecule has 2 fully saturated rings. The van der Waals surface area contributed by atoms with Gasteiger partial charge in [0.05, 0.1) is 11.4 Å². The molecule has 1 saturated heterocycles. The first-order chi connectivity index (χ1) is 10.7. The van der Waals surface area contributed by atoms with Crippen LogP contribution in [0, 0.1) is 5.92 Å². The van der Waals surface area contributed by atoms with E-state index >= 15 is 0 Å². The number of benzene rings is 1. The zero-order chi connectivity index (χ0) is 15.1. The Kier molecular flexibility index (Phi) is 3.17. The number of hydrogen-bond donors (Lipinski definition) is 0. The van der Waals surface area contributed by atoms with Crippen LogP contribution in [0.1, 0.15) is 36.9 Å². The van der Waals surface area contributed by atoms with Gasteiger partial charge in [-0.1, -0.05) is 30.2 Å². The summed E-state index contributed by atoms with van der Waals surface area (Å²) in [5, 5.41) is 7.99. The normalized spacial score (nSPS) is 22.8. The molecule has 0 spiro atoms. The molecule has 1 atom stereocenters. The number of amides is 1. The van der Waals surface area contributed by atoms with Crippen LogP contribution in [0.3, 0.4) is 0 Å². The van der Waals surface area contributed by atoms with E-state index in [4.69, 9.17) is 0 Å². The Labute approximate surface area is 128 Å². The molecule has 1 amide bonds. The van der Waals surface area contributed by atoms with E-state index in [0.717, 1.165) is 12.8 Å². The van der Waals surface area contributed by atoms with Crippen LogP contribution in [0.5, 0.6) is 0 Å². The lowest BCUT2D eigenvalue weighted by Gasteiger charge is -2.23. The zero-order valence-electron chi connectivity index (χ0n) is 12.3. The molecule has 0 N–H and O–H groups in total. The predicted molar refractivity (Wildman–Crippen MR) is 80.2 cm³/mol. The molecule has 1 aliphatic heterocycles. The second kappa shape index (κ2) is 5.19. The highest BCUT2D eigenvalue weighted by molar-refractivity contribution is 5.94. The van der Waals surface area contributed by atoms with Crippen LogP contribution in [0.2, 0.25) is 0 Å². The number of rotatable bonds is 2. The van der Waals surface area contributed by atoms with Gasteiger partial charge < -0.3 is 4.90 Å². The average molecular weight is 298 g/mol. The molecule has 1 saturated carbocycles. The second-order valence-electron chi connectivity index (χ2n) is 6.21. The number of para-hydroxylation sites is 1. The second-order valence-corrected chi connectivity index (χ2v) is 6.21. The summed E-state index contributed by atoms with van der Waals surface area (Å²) in [6.45, 7) is 0.524. The van der Waals surface area contributed by atoms with Crippen molar-refractivity contribution in [2.45, 2.75) is 38.1 Å². The van der Waals surface area contributed by atoms with Crippen molar-refractivity contribution in [3.05, 3.63) is 24.3 Å². The molecule has 2 aromatic rings. The Morgan fingerprint density at radius 2 is 1.95 bits per heavy atom. The number of aromatic nitrogens is 3. The molecule has 2 aliphatic rings. The van der Waals surface area contributed by atoms with Gasteiger partial charge >= 0.3 is 0 Å². The SMILES string of the molecule is O=C1CC(C(=O)n2nnc3ccccc32)CN1C1CCCC1. The summed E-state index contributed by atoms with van der Waals surface area (Å²) >= 11 is 0. The minimum atomic E-state index is -0.307. The molecular weight excluding hydrogens is 280 g/mol. The van der Waals surface area contributed by atoms with Crippen molar-refractivity contribution in [2.75, 3.05) is 6.54 Å². The lowest BCUT2D eigenvalue weighted by atomic mass is 10.1. The molecule has 22 heavy (non-hydrogen) atoms. The molecule has 114 valence electrons. The first-order valence-corrected chi connectivity index (χ1v) is 7.88.